The van der Waals surface area contributed by atoms with E-state index in [1.54, 1.807) is 11.3 Å². The Balaban J connectivity index is 1.53. The van der Waals surface area contributed by atoms with Gasteiger partial charge in [-0.2, -0.15) is 0 Å². The second-order valence-electron chi connectivity index (χ2n) is 9.50. The highest BCUT2D eigenvalue weighted by Crippen LogP contribution is 2.38. The Morgan fingerprint density at radius 1 is 1.13 bits per heavy atom. The summed E-state index contributed by atoms with van der Waals surface area (Å²) >= 11 is 8.20. The van der Waals surface area contributed by atoms with Crippen LogP contribution in [0.25, 0.3) is 10.6 Å². The maximum atomic E-state index is 6.62. The van der Waals surface area contributed by atoms with Crippen LogP contribution in [0.4, 0.5) is 10.8 Å². The normalized spacial score (nSPS) is 20.8. The molecule has 1 saturated heterocycles. The van der Waals surface area contributed by atoms with Gasteiger partial charge in [0.2, 0.25) is 5.13 Å². The van der Waals surface area contributed by atoms with Gasteiger partial charge in [-0.15, -0.1) is 15.7 Å². The van der Waals surface area contributed by atoms with Gasteiger partial charge in [0.1, 0.15) is 0 Å². The number of nitrogens with one attached hydrogen (secondary N) is 2. The van der Waals surface area contributed by atoms with Gasteiger partial charge in [-0.25, -0.2) is 0 Å². The van der Waals surface area contributed by atoms with Gasteiger partial charge in [-0.05, 0) is 58.7 Å². The van der Waals surface area contributed by atoms with Crippen molar-refractivity contribution in [3.05, 3.63) is 35.6 Å². The summed E-state index contributed by atoms with van der Waals surface area (Å²) < 4.78 is 0. The first-order valence-electron chi connectivity index (χ1n) is 10.2. The van der Waals surface area contributed by atoms with Crippen molar-refractivity contribution in [2.24, 2.45) is 0 Å². The van der Waals surface area contributed by atoms with Crippen molar-refractivity contribution in [3.63, 3.8) is 0 Å². The van der Waals surface area contributed by atoms with Crippen LogP contribution in [0.1, 0.15) is 40.5 Å². The molecule has 9 heteroatoms. The predicted molar refractivity (Wildman–Crippen MR) is 126 cm³/mol. The van der Waals surface area contributed by atoms with E-state index in [9.17, 15) is 0 Å². The number of benzene rings is 1. The molecule has 1 aromatic heterocycles. The topological polar surface area (TPSA) is 59.6 Å². The molecule has 0 saturated carbocycles. The van der Waals surface area contributed by atoms with Crippen molar-refractivity contribution in [1.82, 2.24) is 26.1 Å². The molecule has 0 atom stereocenters. The number of nitrogens with zero attached hydrogens (tertiary/aromatic N) is 5. The van der Waals surface area contributed by atoms with E-state index in [0.717, 1.165) is 34.2 Å². The van der Waals surface area contributed by atoms with Crippen LogP contribution >= 0.6 is 22.9 Å². The van der Waals surface area contributed by atoms with Gasteiger partial charge in [-0.3, -0.25) is 10.0 Å². The minimum Gasteiger partial charge on any atom is -0.347 e. The third kappa shape index (κ3) is 4.42. The van der Waals surface area contributed by atoms with Crippen LogP contribution in [-0.4, -0.2) is 46.4 Å². The van der Waals surface area contributed by atoms with Gasteiger partial charge in [0.15, 0.2) is 5.01 Å². The fourth-order valence-corrected chi connectivity index (χ4v) is 5.78. The van der Waals surface area contributed by atoms with Crippen LogP contribution in [0, 0.1) is 0 Å². The Morgan fingerprint density at radius 2 is 1.83 bits per heavy atom. The molecule has 2 N–H and O–H groups in total. The average molecular weight is 448 g/mol. The molecule has 0 amide bonds. The molecule has 0 spiro atoms. The highest BCUT2D eigenvalue weighted by atomic mass is 35.5. The molecule has 30 heavy (non-hydrogen) atoms. The van der Waals surface area contributed by atoms with Gasteiger partial charge in [0.05, 0.1) is 10.7 Å². The molecule has 1 aromatic carbocycles. The quantitative estimate of drug-likeness (QED) is 0.726. The molecule has 4 rings (SSSR count). The molecular weight excluding hydrogens is 418 g/mol. The second kappa shape index (κ2) is 7.67. The van der Waals surface area contributed by atoms with Gasteiger partial charge >= 0.3 is 0 Å². The zero-order valence-corrected chi connectivity index (χ0v) is 20.0. The fraction of sp³-hybridized carbons (Fsp3) is 0.524. The van der Waals surface area contributed by atoms with E-state index in [-0.39, 0.29) is 11.1 Å². The molecule has 0 unspecified atom stereocenters. The minimum atomic E-state index is 0.0828. The maximum absolute atomic E-state index is 6.62. The van der Waals surface area contributed by atoms with E-state index in [2.05, 4.69) is 60.7 Å². The van der Waals surface area contributed by atoms with Crippen molar-refractivity contribution in [2.45, 2.75) is 57.7 Å². The van der Waals surface area contributed by atoms with Gasteiger partial charge in [0, 0.05) is 49.2 Å². The summed E-state index contributed by atoms with van der Waals surface area (Å²) in [5, 5.41) is 18.9. The lowest BCUT2D eigenvalue weighted by molar-refractivity contribution is 0.161. The summed E-state index contributed by atoms with van der Waals surface area (Å²) in [5.41, 5.74) is 5.22. The van der Waals surface area contributed by atoms with E-state index in [4.69, 9.17) is 11.6 Å². The first kappa shape index (κ1) is 21.4. The first-order chi connectivity index (χ1) is 14.0. The summed E-state index contributed by atoms with van der Waals surface area (Å²) in [6.07, 6.45) is 6.01. The molecule has 2 aromatic rings. The predicted octanol–water partition coefficient (Wildman–Crippen LogP) is 4.25. The highest BCUT2D eigenvalue weighted by molar-refractivity contribution is 7.18. The summed E-state index contributed by atoms with van der Waals surface area (Å²) in [7, 11) is 4.06. The Labute approximate surface area is 187 Å². The van der Waals surface area contributed by atoms with E-state index in [0.29, 0.717) is 11.1 Å². The molecule has 7 nitrogen and oxygen atoms in total. The number of halogens is 1. The maximum Gasteiger partial charge on any atom is 0.208 e. The van der Waals surface area contributed by atoms with E-state index in [1.165, 1.54) is 0 Å². The van der Waals surface area contributed by atoms with Crippen LogP contribution in [0.5, 0.6) is 0 Å². The molecular formula is C21H30ClN7S. The lowest BCUT2D eigenvalue weighted by Gasteiger charge is -2.48. The lowest BCUT2D eigenvalue weighted by atomic mass is 9.79. The minimum absolute atomic E-state index is 0.0828. The second-order valence-corrected chi connectivity index (χ2v) is 10.9. The zero-order chi connectivity index (χ0) is 21.7. The summed E-state index contributed by atoms with van der Waals surface area (Å²) in [6.45, 7) is 9.07. The van der Waals surface area contributed by atoms with Gasteiger partial charge < -0.3 is 10.2 Å². The Kier molecular flexibility index (Phi) is 5.47. The summed E-state index contributed by atoms with van der Waals surface area (Å²) in [6, 6.07) is 6.38. The molecule has 0 bridgehead atoms. The van der Waals surface area contributed by atoms with Gasteiger partial charge in [0.25, 0.3) is 0 Å². The molecule has 0 radical (unpaired) electrons. The number of rotatable bonds is 4. The van der Waals surface area contributed by atoms with Gasteiger partial charge in [-0.1, -0.05) is 22.9 Å². The number of hydrazine groups is 2. The third-order valence-electron chi connectivity index (χ3n) is 5.60. The van der Waals surface area contributed by atoms with Crippen LogP contribution < -0.4 is 20.8 Å². The van der Waals surface area contributed by atoms with Crippen LogP contribution in [0.3, 0.4) is 0 Å². The number of hydrogen-bond acceptors (Lipinski definition) is 8. The number of aromatic nitrogens is 2. The smallest absolute Gasteiger partial charge is 0.208 e. The molecule has 0 aliphatic carbocycles. The highest BCUT2D eigenvalue weighted by Gasteiger charge is 2.39. The number of hydrogen-bond donors (Lipinski definition) is 2. The lowest BCUT2D eigenvalue weighted by Crippen LogP contribution is -2.61. The van der Waals surface area contributed by atoms with Crippen LogP contribution in [0.15, 0.2) is 30.6 Å². The summed E-state index contributed by atoms with van der Waals surface area (Å²) in [5.74, 6) is 0. The fourth-order valence-electron chi connectivity index (χ4n) is 4.54. The average Bonchev–Trinajstić information content (AvgIpc) is 3.27. The number of anilines is 2. The molecule has 162 valence electrons. The van der Waals surface area contributed by atoms with Crippen molar-refractivity contribution in [2.75, 3.05) is 24.0 Å². The SMILES string of the molecule is CN1C=CN(c2ccc(-c3nnc(N(C)C4CC(C)(C)NC(C)(C)C4)s3)c(Cl)c2)N1. The monoisotopic (exact) mass is 447 g/mol. The van der Waals surface area contributed by atoms with Crippen LogP contribution in [0.2, 0.25) is 5.02 Å². The van der Waals surface area contributed by atoms with Crippen molar-refractivity contribution >= 4 is 33.8 Å². The molecule has 2 aliphatic heterocycles. The van der Waals surface area contributed by atoms with Crippen molar-refractivity contribution in [1.29, 1.82) is 0 Å². The zero-order valence-electron chi connectivity index (χ0n) is 18.4. The first-order valence-corrected chi connectivity index (χ1v) is 11.3. The molecule has 3 heterocycles. The number of piperidine rings is 1. The van der Waals surface area contributed by atoms with Crippen LogP contribution in [-0.2, 0) is 0 Å². The van der Waals surface area contributed by atoms with E-state index >= 15 is 0 Å². The van der Waals surface area contributed by atoms with E-state index in [1.807, 2.05) is 47.7 Å². The Morgan fingerprint density at radius 3 is 2.43 bits per heavy atom. The Bertz CT molecular complexity index is 939. The standard InChI is InChI=1S/C21H30ClN7S/c1-20(2)12-15(13-21(3,4)25-20)28(6)19-24-23-18(30-19)16-8-7-14(11-17(16)22)29-10-9-27(5)26-29/h7-11,15,25-26H,12-13H2,1-6H3. The Hall–Kier alpha value is -1.87. The van der Waals surface area contributed by atoms with Crippen molar-refractivity contribution in [3.8, 4) is 10.6 Å². The summed E-state index contributed by atoms with van der Waals surface area (Å²) in [4.78, 5) is 2.28. The molecule has 2 aliphatic rings. The van der Waals surface area contributed by atoms with E-state index < -0.39 is 0 Å². The largest absolute Gasteiger partial charge is 0.347 e. The third-order valence-corrected chi connectivity index (χ3v) is 6.96. The van der Waals surface area contributed by atoms with Crippen molar-refractivity contribution < 1.29 is 0 Å². The molecule has 1 fully saturated rings.